The van der Waals surface area contributed by atoms with E-state index in [0.29, 0.717) is 11.6 Å². The molecule has 2 aromatic carbocycles. The van der Waals surface area contributed by atoms with E-state index in [1.54, 1.807) is 12.1 Å². The molecule has 0 bridgehead atoms. The van der Waals surface area contributed by atoms with Crippen LogP contribution in [0.15, 0.2) is 57.9 Å². The lowest BCUT2D eigenvalue weighted by molar-refractivity contribution is 0.125. The van der Waals surface area contributed by atoms with Crippen LogP contribution in [-0.2, 0) is 14.6 Å². The molecule has 1 aliphatic rings. The molecule has 3 atom stereocenters. The Morgan fingerprint density at radius 3 is 2.32 bits per heavy atom. The largest absolute Gasteiger partial charge is 0.380 e. The third kappa shape index (κ3) is 3.51. The van der Waals surface area contributed by atoms with Gasteiger partial charge in [-0.1, -0.05) is 39.7 Å². The van der Waals surface area contributed by atoms with Crippen LogP contribution in [0.3, 0.4) is 0 Å². The summed E-state index contributed by atoms with van der Waals surface area (Å²) in [6, 6.07) is 13.8. The molecule has 0 spiro atoms. The van der Waals surface area contributed by atoms with Crippen LogP contribution in [0.25, 0.3) is 0 Å². The van der Waals surface area contributed by atoms with E-state index in [-0.39, 0.29) is 17.4 Å². The van der Waals surface area contributed by atoms with Gasteiger partial charge < -0.3 is 10.5 Å². The fraction of sp³-hybridized carbons (Fsp3) is 0.333. The molecular weight excluding hydrogens is 426 g/mol. The molecule has 0 aliphatic heterocycles. The fourth-order valence-electron chi connectivity index (χ4n) is 3.27. The van der Waals surface area contributed by atoms with Crippen molar-refractivity contribution in [2.45, 2.75) is 28.5 Å². The van der Waals surface area contributed by atoms with E-state index in [1.807, 2.05) is 31.2 Å². The summed E-state index contributed by atoms with van der Waals surface area (Å²) in [4.78, 5) is 0.229. The lowest BCUT2D eigenvalue weighted by Crippen LogP contribution is -2.36. The molecule has 1 fully saturated rings. The van der Waals surface area contributed by atoms with Crippen molar-refractivity contribution in [3.8, 4) is 0 Å². The molecule has 0 saturated heterocycles. The third-order valence-electron chi connectivity index (χ3n) is 4.56. The second-order valence-electron chi connectivity index (χ2n) is 6.20. The smallest absolute Gasteiger partial charge is 0.183 e. The highest BCUT2D eigenvalue weighted by Gasteiger charge is 2.69. The first-order valence-corrected chi connectivity index (χ1v) is 10.6. The summed E-state index contributed by atoms with van der Waals surface area (Å²) in [6.07, 6.45) is 0. The zero-order valence-corrected chi connectivity index (χ0v) is 16.8. The van der Waals surface area contributed by atoms with Gasteiger partial charge in [0, 0.05) is 22.0 Å². The molecule has 3 rings (SSSR count). The van der Waals surface area contributed by atoms with E-state index in [1.165, 1.54) is 12.1 Å². The van der Waals surface area contributed by atoms with Crippen LogP contribution in [-0.4, -0.2) is 32.4 Å². The van der Waals surface area contributed by atoms with Gasteiger partial charge in [-0.25, -0.2) is 8.42 Å². The highest BCUT2D eigenvalue weighted by molar-refractivity contribution is 9.10. The van der Waals surface area contributed by atoms with E-state index in [0.717, 1.165) is 10.0 Å². The highest BCUT2D eigenvalue weighted by atomic mass is 79.9. The predicted molar refractivity (Wildman–Crippen MR) is 103 cm³/mol. The molecule has 0 aromatic heterocycles. The van der Waals surface area contributed by atoms with E-state index >= 15 is 0 Å². The molecule has 2 N–H and O–H groups in total. The number of hydrogen-bond acceptors (Lipinski definition) is 4. The standard InChI is InChI=1S/C18H19BrClNO3S/c1-2-24-11-18(21)16(12-3-5-13(19)6-4-12)17(18)25(22,23)15-9-7-14(20)8-10-15/h3-10,16-17H,2,11,21H2,1H3/t16-,17-,18+/m0/s1. The Labute approximate surface area is 161 Å². The normalized spacial score (nSPS) is 25.8. The molecule has 0 heterocycles. The molecule has 134 valence electrons. The van der Waals surface area contributed by atoms with Crippen LogP contribution in [0.4, 0.5) is 0 Å². The van der Waals surface area contributed by atoms with Gasteiger partial charge in [-0.15, -0.1) is 0 Å². The maximum atomic E-state index is 13.1. The Hall–Kier alpha value is -0.920. The van der Waals surface area contributed by atoms with Gasteiger partial charge in [-0.05, 0) is 48.9 Å². The minimum Gasteiger partial charge on any atom is -0.380 e. The number of hydrogen-bond donors (Lipinski definition) is 1. The Morgan fingerprint density at radius 1 is 1.16 bits per heavy atom. The van der Waals surface area contributed by atoms with Gasteiger partial charge in [0.1, 0.15) is 0 Å². The van der Waals surface area contributed by atoms with Gasteiger partial charge in [0.05, 0.1) is 22.3 Å². The van der Waals surface area contributed by atoms with Crippen molar-refractivity contribution >= 4 is 37.4 Å². The zero-order valence-electron chi connectivity index (χ0n) is 13.7. The molecule has 1 aliphatic carbocycles. The summed E-state index contributed by atoms with van der Waals surface area (Å²) in [5.41, 5.74) is 6.46. The van der Waals surface area contributed by atoms with Gasteiger partial charge in [-0.2, -0.15) is 0 Å². The summed E-state index contributed by atoms with van der Waals surface area (Å²) in [5.74, 6) is -0.312. The quantitative estimate of drug-likeness (QED) is 0.736. The number of rotatable bonds is 6. The van der Waals surface area contributed by atoms with E-state index in [9.17, 15) is 8.42 Å². The average molecular weight is 445 g/mol. The highest BCUT2D eigenvalue weighted by Crippen LogP contribution is 2.55. The molecule has 1 saturated carbocycles. The van der Waals surface area contributed by atoms with Crippen molar-refractivity contribution in [1.82, 2.24) is 0 Å². The average Bonchev–Trinajstić information content (AvgIpc) is 3.21. The van der Waals surface area contributed by atoms with Gasteiger partial charge in [0.15, 0.2) is 9.84 Å². The van der Waals surface area contributed by atoms with E-state index in [4.69, 9.17) is 22.1 Å². The number of nitrogens with two attached hydrogens (primary N) is 1. The summed E-state index contributed by atoms with van der Waals surface area (Å²) in [7, 11) is -3.60. The minimum absolute atomic E-state index is 0.196. The Kier molecular flexibility index (Phi) is 5.28. The lowest BCUT2D eigenvalue weighted by Gasteiger charge is -2.12. The number of sulfone groups is 1. The predicted octanol–water partition coefficient (Wildman–Crippen LogP) is 3.78. The van der Waals surface area contributed by atoms with Gasteiger partial charge in [0.25, 0.3) is 0 Å². The first-order chi connectivity index (χ1) is 11.8. The van der Waals surface area contributed by atoms with Crippen LogP contribution in [0, 0.1) is 0 Å². The summed E-state index contributed by atoms with van der Waals surface area (Å²) in [5, 5.41) is -0.235. The number of ether oxygens (including phenoxy) is 1. The van der Waals surface area contributed by atoms with Crippen molar-refractivity contribution in [2.75, 3.05) is 13.2 Å². The fourth-order valence-corrected chi connectivity index (χ4v) is 5.95. The molecule has 0 unspecified atom stereocenters. The third-order valence-corrected chi connectivity index (χ3v) is 7.65. The van der Waals surface area contributed by atoms with Crippen molar-refractivity contribution in [2.24, 2.45) is 5.73 Å². The van der Waals surface area contributed by atoms with Gasteiger partial charge >= 0.3 is 0 Å². The molecule has 4 nitrogen and oxygen atoms in total. The van der Waals surface area contributed by atoms with Crippen LogP contribution in [0.5, 0.6) is 0 Å². The molecule has 2 aromatic rings. The van der Waals surface area contributed by atoms with Crippen LogP contribution in [0.1, 0.15) is 18.4 Å². The van der Waals surface area contributed by atoms with E-state index in [2.05, 4.69) is 15.9 Å². The first-order valence-electron chi connectivity index (χ1n) is 7.92. The van der Waals surface area contributed by atoms with Crippen LogP contribution in [0.2, 0.25) is 5.02 Å². The van der Waals surface area contributed by atoms with Crippen molar-refractivity contribution in [3.63, 3.8) is 0 Å². The van der Waals surface area contributed by atoms with Crippen molar-refractivity contribution in [1.29, 1.82) is 0 Å². The maximum absolute atomic E-state index is 13.1. The summed E-state index contributed by atoms with van der Waals surface area (Å²) < 4.78 is 32.7. The topological polar surface area (TPSA) is 69.4 Å². The zero-order chi connectivity index (χ0) is 18.2. The van der Waals surface area contributed by atoms with Gasteiger partial charge in [0.2, 0.25) is 0 Å². The second kappa shape index (κ2) is 7.00. The molecule has 25 heavy (non-hydrogen) atoms. The number of halogens is 2. The molecule has 0 amide bonds. The molecular formula is C18H19BrClNO3S. The van der Waals surface area contributed by atoms with Crippen molar-refractivity contribution < 1.29 is 13.2 Å². The summed E-state index contributed by atoms with van der Waals surface area (Å²) in [6.45, 7) is 2.55. The monoisotopic (exact) mass is 443 g/mol. The van der Waals surface area contributed by atoms with Gasteiger partial charge in [-0.3, -0.25) is 0 Å². The minimum atomic E-state index is -3.60. The first kappa shape index (κ1) is 18.9. The maximum Gasteiger partial charge on any atom is 0.183 e. The second-order valence-corrected chi connectivity index (χ2v) is 9.62. The van der Waals surface area contributed by atoms with Crippen LogP contribution >= 0.6 is 27.5 Å². The SMILES string of the molecule is CCOC[C@@]1(N)[C@@H](c2ccc(Br)cc2)[C@@H]1S(=O)(=O)c1ccc(Cl)cc1. The Morgan fingerprint density at radius 2 is 1.76 bits per heavy atom. The number of benzene rings is 2. The molecule has 7 heteroatoms. The Balaban J connectivity index is 1.99. The Bertz CT molecular complexity index is 855. The molecule has 0 radical (unpaired) electrons. The van der Waals surface area contributed by atoms with E-state index < -0.39 is 20.6 Å². The lowest BCUT2D eigenvalue weighted by atomic mass is 10.1. The van der Waals surface area contributed by atoms with Crippen LogP contribution < -0.4 is 5.73 Å². The van der Waals surface area contributed by atoms with Crippen molar-refractivity contribution in [3.05, 3.63) is 63.6 Å². The summed E-state index contributed by atoms with van der Waals surface area (Å²) >= 11 is 9.27.